The molecule has 1 aliphatic heterocycles. The normalized spacial score (nSPS) is 26.7. The van der Waals surface area contributed by atoms with Crippen molar-refractivity contribution < 1.29 is 4.59 Å². The van der Waals surface area contributed by atoms with Gasteiger partial charge in [0.1, 0.15) is 13.1 Å². The van der Waals surface area contributed by atoms with Gasteiger partial charge in [-0.05, 0) is 11.1 Å². The molecule has 0 radical (unpaired) electrons. The number of hydrogen-bond acceptors (Lipinski definition) is 1. The molecule has 0 aliphatic carbocycles. The van der Waals surface area contributed by atoms with Crippen LogP contribution in [-0.4, -0.2) is 18.2 Å². The van der Waals surface area contributed by atoms with E-state index in [4.69, 9.17) is 5.84 Å². The highest BCUT2D eigenvalue weighted by Gasteiger charge is 2.33. The van der Waals surface area contributed by atoms with Gasteiger partial charge in [-0.25, -0.2) is 4.59 Å². The lowest BCUT2D eigenvalue weighted by Crippen LogP contribution is -2.54. The minimum Gasteiger partial charge on any atom is -0.246 e. The summed E-state index contributed by atoms with van der Waals surface area (Å²) in [6.45, 7) is 1.88. The Labute approximate surface area is 108 Å². The fourth-order valence-corrected chi connectivity index (χ4v) is 2.96. The van der Waals surface area contributed by atoms with Gasteiger partial charge < -0.3 is 0 Å². The van der Waals surface area contributed by atoms with E-state index in [9.17, 15) is 0 Å². The van der Waals surface area contributed by atoms with Crippen LogP contribution in [-0.2, 0) is 6.54 Å². The van der Waals surface area contributed by atoms with Gasteiger partial charge in [0.15, 0.2) is 0 Å². The zero-order chi connectivity index (χ0) is 12.6. The largest absolute Gasteiger partial charge is 0.246 e. The predicted octanol–water partition coefficient (Wildman–Crippen LogP) is 2.65. The molecular formula is C16H19N2+. The third-order valence-corrected chi connectivity index (χ3v) is 3.76. The van der Waals surface area contributed by atoms with E-state index in [1.165, 1.54) is 16.7 Å². The predicted molar refractivity (Wildman–Crippen MR) is 73.7 cm³/mol. The van der Waals surface area contributed by atoms with E-state index >= 15 is 0 Å². The van der Waals surface area contributed by atoms with Gasteiger partial charge in [0.2, 0.25) is 0 Å². The molecule has 2 heteroatoms. The third kappa shape index (κ3) is 2.05. The van der Waals surface area contributed by atoms with Crippen molar-refractivity contribution in [3.05, 3.63) is 71.3 Å². The fraction of sp³-hybridized carbons (Fsp3) is 0.250. The molecule has 2 nitrogen and oxygen atoms in total. The zero-order valence-electron chi connectivity index (χ0n) is 10.7. The summed E-state index contributed by atoms with van der Waals surface area (Å²) in [7, 11) is 2.10. The van der Waals surface area contributed by atoms with Crippen molar-refractivity contribution in [2.24, 2.45) is 5.84 Å². The average Bonchev–Trinajstić information content (AvgIpc) is 2.38. The summed E-state index contributed by atoms with van der Waals surface area (Å²) in [6, 6.07) is 19.3. The number of likely N-dealkylation sites (N-methyl/N-ethyl adjacent to an activating group) is 1. The second-order valence-electron chi connectivity index (χ2n) is 5.48. The minimum absolute atomic E-state index is 0.408. The number of hydrogen-bond donors (Lipinski definition) is 1. The van der Waals surface area contributed by atoms with Crippen LogP contribution < -0.4 is 5.84 Å². The van der Waals surface area contributed by atoms with Crippen LogP contribution in [0.25, 0.3) is 0 Å². The van der Waals surface area contributed by atoms with Crippen LogP contribution in [0.15, 0.2) is 54.6 Å². The SMILES string of the molecule is C[N+]1(N)Cc2ccccc2C(c2ccccc2)C1. The monoisotopic (exact) mass is 239 g/mol. The van der Waals surface area contributed by atoms with Gasteiger partial charge in [-0.15, -0.1) is 0 Å². The van der Waals surface area contributed by atoms with E-state index in [-0.39, 0.29) is 0 Å². The highest BCUT2D eigenvalue weighted by atomic mass is 15.6. The van der Waals surface area contributed by atoms with E-state index in [0.29, 0.717) is 10.5 Å². The lowest BCUT2D eigenvalue weighted by Gasteiger charge is -2.38. The molecule has 0 fully saturated rings. The summed E-state index contributed by atoms with van der Waals surface area (Å²) in [5.41, 5.74) is 4.17. The quantitative estimate of drug-likeness (QED) is 0.601. The van der Waals surface area contributed by atoms with Gasteiger partial charge in [-0.1, -0.05) is 54.6 Å². The second-order valence-corrected chi connectivity index (χ2v) is 5.48. The summed E-state index contributed by atoms with van der Waals surface area (Å²) < 4.78 is 0.566. The van der Waals surface area contributed by atoms with Crippen LogP contribution in [0.1, 0.15) is 22.6 Å². The van der Waals surface area contributed by atoms with Crippen molar-refractivity contribution in [1.82, 2.24) is 0 Å². The molecule has 0 saturated carbocycles. The molecule has 2 unspecified atom stereocenters. The molecule has 0 spiro atoms. The number of rotatable bonds is 1. The topological polar surface area (TPSA) is 26.0 Å². The molecule has 0 bridgehead atoms. The molecule has 0 saturated heterocycles. The Kier molecular flexibility index (Phi) is 2.69. The fourth-order valence-electron chi connectivity index (χ4n) is 2.96. The second kappa shape index (κ2) is 4.23. The zero-order valence-corrected chi connectivity index (χ0v) is 10.7. The summed E-state index contributed by atoms with van der Waals surface area (Å²) >= 11 is 0. The number of benzene rings is 2. The van der Waals surface area contributed by atoms with Crippen molar-refractivity contribution >= 4 is 0 Å². The molecule has 2 aromatic carbocycles. The Morgan fingerprint density at radius 1 is 1.00 bits per heavy atom. The molecule has 0 aromatic heterocycles. The van der Waals surface area contributed by atoms with Gasteiger partial charge >= 0.3 is 0 Å². The van der Waals surface area contributed by atoms with Crippen LogP contribution in [0.5, 0.6) is 0 Å². The van der Waals surface area contributed by atoms with Crippen molar-refractivity contribution in [2.75, 3.05) is 13.6 Å². The molecule has 1 heterocycles. The Bertz CT molecular complexity index is 546. The first-order valence-corrected chi connectivity index (χ1v) is 6.42. The molecule has 2 N–H and O–H groups in total. The lowest BCUT2D eigenvalue weighted by molar-refractivity contribution is -0.937. The van der Waals surface area contributed by atoms with E-state index in [1.807, 2.05) is 0 Å². The molecule has 3 rings (SSSR count). The van der Waals surface area contributed by atoms with Gasteiger partial charge in [-0.2, -0.15) is 5.84 Å². The minimum atomic E-state index is 0.408. The Balaban J connectivity index is 2.10. The van der Waals surface area contributed by atoms with Crippen molar-refractivity contribution in [3.63, 3.8) is 0 Å². The molecule has 2 aromatic rings. The maximum Gasteiger partial charge on any atom is 0.122 e. The smallest absolute Gasteiger partial charge is 0.122 e. The summed E-state index contributed by atoms with van der Waals surface area (Å²) in [6.07, 6.45) is 0. The highest BCUT2D eigenvalue weighted by molar-refractivity contribution is 5.38. The number of nitrogens with zero attached hydrogens (tertiary/aromatic N) is 1. The maximum absolute atomic E-state index is 6.36. The molecule has 2 atom stereocenters. The Morgan fingerprint density at radius 3 is 2.44 bits per heavy atom. The molecule has 1 aliphatic rings. The molecule has 18 heavy (non-hydrogen) atoms. The summed E-state index contributed by atoms with van der Waals surface area (Å²) in [4.78, 5) is 0. The first-order chi connectivity index (χ1) is 8.66. The number of fused-ring (bicyclic) bond motifs is 1. The van der Waals surface area contributed by atoms with Crippen LogP contribution in [0.3, 0.4) is 0 Å². The van der Waals surface area contributed by atoms with Crippen LogP contribution in [0, 0.1) is 0 Å². The summed E-state index contributed by atoms with van der Waals surface area (Å²) in [5, 5.41) is 0. The van der Waals surface area contributed by atoms with Crippen LogP contribution in [0.4, 0.5) is 0 Å². The lowest BCUT2D eigenvalue weighted by atomic mass is 9.84. The van der Waals surface area contributed by atoms with E-state index < -0.39 is 0 Å². The standard InChI is InChI=1S/C16H19N2/c1-18(17)11-14-9-5-6-10-15(14)16(12-18)13-7-3-2-4-8-13/h2-10,16H,11-12,17H2,1H3/q+1. The van der Waals surface area contributed by atoms with E-state index in [2.05, 4.69) is 61.6 Å². The number of nitrogens with two attached hydrogens (primary N) is 1. The van der Waals surface area contributed by atoms with Crippen molar-refractivity contribution in [2.45, 2.75) is 12.5 Å². The van der Waals surface area contributed by atoms with Gasteiger partial charge in [0, 0.05) is 5.56 Å². The molecule has 92 valence electrons. The first kappa shape index (κ1) is 11.5. The molecular weight excluding hydrogens is 220 g/mol. The summed E-state index contributed by atoms with van der Waals surface area (Å²) in [5.74, 6) is 6.77. The Hall–Kier alpha value is -1.64. The van der Waals surface area contributed by atoms with E-state index in [0.717, 1.165) is 13.1 Å². The van der Waals surface area contributed by atoms with E-state index in [1.54, 1.807) is 0 Å². The molecule has 0 amide bonds. The number of quaternary nitrogens is 1. The first-order valence-electron chi connectivity index (χ1n) is 6.42. The van der Waals surface area contributed by atoms with Crippen molar-refractivity contribution in [1.29, 1.82) is 0 Å². The van der Waals surface area contributed by atoms with Gasteiger partial charge in [0.25, 0.3) is 0 Å². The highest BCUT2D eigenvalue weighted by Crippen LogP contribution is 2.34. The van der Waals surface area contributed by atoms with Crippen LogP contribution in [0.2, 0.25) is 0 Å². The van der Waals surface area contributed by atoms with Crippen LogP contribution >= 0.6 is 0 Å². The average molecular weight is 239 g/mol. The van der Waals surface area contributed by atoms with Gasteiger partial charge in [-0.3, -0.25) is 0 Å². The Morgan fingerprint density at radius 2 is 1.67 bits per heavy atom. The van der Waals surface area contributed by atoms with Crippen molar-refractivity contribution in [3.8, 4) is 0 Å². The third-order valence-electron chi connectivity index (χ3n) is 3.76. The maximum atomic E-state index is 6.36. The van der Waals surface area contributed by atoms with Gasteiger partial charge in [0.05, 0.1) is 13.0 Å².